The van der Waals surface area contributed by atoms with Crippen LogP contribution < -0.4 is 5.56 Å². The van der Waals surface area contributed by atoms with Crippen molar-refractivity contribution in [3.05, 3.63) is 180 Å². The summed E-state index contributed by atoms with van der Waals surface area (Å²) in [4.78, 5) is 19.6. The Bertz CT molecular complexity index is 3260. The van der Waals surface area contributed by atoms with Crippen molar-refractivity contribution >= 4 is 71.1 Å². The van der Waals surface area contributed by atoms with Gasteiger partial charge >= 0.3 is 0 Å². The van der Waals surface area contributed by atoms with Crippen molar-refractivity contribution in [3.63, 3.8) is 0 Å². The van der Waals surface area contributed by atoms with Gasteiger partial charge in [-0.05, 0) is 77.9 Å². The molecule has 0 atom stereocenters. The fourth-order valence-corrected chi connectivity index (χ4v) is 8.20. The third-order valence-corrected chi connectivity index (χ3v) is 10.4. The first-order chi connectivity index (χ1) is 25.2. The molecular formula is C46H28N4O. The average molecular weight is 653 g/mol. The van der Waals surface area contributed by atoms with Crippen LogP contribution in [0.3, 0.4) is 0 Å². The van der Waals surface area contributed by atoms with E-state index >= 15 is 0 Å². The van der Waals surface area contributed by atoms with Gasteiger partial charge in [0, 0.05) is 38.3 Å². The fourth-order valence-electron chi connectivity index (χ4n) is 8.20. The van der Waals surface area contributed by atoms with Gasteiger partial charge in [-0.3, -0.25) is 13.8 Å². The van der Waals surface area contributed by atoms with Crippen molar-refractivity contribution < 1.29 is 0 Å². The van der Waals surface area contributed by atoms with Crippen molar-refractivity contribution in [3.8, 4) is 22.5 Å². The minimum Gasteiger partial charge on any atom is -0.309 e. The van der Waals surface area contributed by atoms with E-state index in [1.165, 1.54) is 21.8 Å². The van der Waals surface area contributed by atoms with Gasteiger partial charge in [0.25, 0.3) is 5.56 Å². The normalized spacial score (nSPS) is 12.0. The van der Waals surface area contributed by atoms with Crippen LogP contribution >= 0.6 is 0 Å². The number of hydrogen-bond donors (Lipinski definition) is 0. The lowest BCUT2D eigenvalue weighted by Gasteiger charge is -2.17. The molecule has 0 aliphatic carbocycles. The Hall–Kier alpha value is -6.98. The van der Waals surface area contributed by atoms with Gasteiger partial charge in [-0.2, -0.15) is 0 Å². The fraction of sp³-hybridized carbons (Fsp3) is 0. The molecule has 51 heavy (non-hydrogen) atoms. The highest BCUT2D eigenvalue weighted by molar-refractivity contribution is 6.22. The SMILES string of the molecule is O=c1c2ccccc2c2c(c3ccccc3n3c4cc(-c5ccc6c(c5)c5ccccc5n6-c5ccccc5)ccc4nc23)n1-c1ccccc1. The number of hydrogen-bond acceptors (Lipinski definition) is 2. The monoisotopic (exact) mass is 652 g/mol. The minimum atomic E-state index is -0.0405. The van der Waals surface area contributed by atoms with Gasteiger partial charge in [0.05, 0.1) is 38.5 Å². The Morgan fingerprint density at radius 3 is 1.75 bits per heavy atom. The van der Waals surface area contributed by atoms with Crippen molar-refractivity contribution in [1.82, 2.24) is 18.5 Å². The Morgan fingerprint density at radius 2 is 0.980 bits per heavy atom. The lowest BCUT2D eigenvalue weighted by atomic mass is 10.0. The largest absolute Gasteiger partial charge is 0.309 e. The average Bonchev–Trinajstić information content (AvgIpc) is 3.74. The van der Waals surface area contributed by atoms with E-state index in [9.17, 15) is 4.79 Å². The van der Waals surface area contributed by atoms with Crippen LogP contribution in [0.5, 0.6) is 0 Å². The van der Waals surface area contributed by atoms with Crippen LogP contribution in [0.25, 0.3) is 93.6 Å². The van der Waals surface area contributed by atoms with Crippen molar-refractivity contribution in [2.45, 2.75) is 0 Å². The molecule has 0 spiro atoms. The Labute approximate surface area is 291 Å². The summed E-state index contributed by atoms with van der Waals surface area (Å²) in [6, 6.07) is 58.8. The van der Waals surface area contributed by atoms with Gasteiger partial charge in [0.15, 0.2) is 0 Å². The summed E-state index contributed by atoms with van der Waals surface area (Å²) in [7, 11) is 0. The highest BCUT2D eigenvalue weighted by Crippen LogP contribution is 2.39. The quantitative estimate of drug-likeness (QED) is 0.178. The molecular weight excluding hydrogens is 625 g/mol. The molecule has 5 nitrogen and oxygen atoms in total. The summed E-state index contributed by atoms with van der Waals surface area (Å²) in [5.74, 6) is 0. The second kappa shape index (κ2) is 10.5. The summed E-state index contributed by atoms with van der Waals surface area (Å²) in [6.45, 7) is 0. The zero-order chi connectivity index (χ0) is 33.6. The van der Waals surface area contributed by atoms with E-state index in [-0.39, 0.29) is 5.56 Å². The Kier molecular flexibility index (Phi) is 5.75. The molecule has 0 amide bonds. The zero-order valence-corrected chi connectivity index (χ0v) is 27.4. The van der Waals surface area contributed by atoms with Gasteiger partial charge in [-0.25, -0.2) is 4.98 Å². The minimum absolute atomic E-state index is 0.0405. The molecule has 11 rings (SSSR count). The van der Waals surface area contributed by atoms with E-state index in [0.29, 0.717) is 5.39 Å². The van der Waals surface area contributed by atoms with E-state index in [4.69, 9.17) is 4.98 Å². The van der Waals surface area contributed by atoms with Crippen molar-refractivity contribution in [1.29, 1.82) is 0 Å². The van der Waals surface area contributed by atoms with Gasteiger partial charge in [0.2, 0.25) is 0 Å². The first-order valence-electron chi connectivity index (χ1n) is 17.2. The van der Waals surface area contributed by atoms with E-state index in [0.717, 1.165) is 66.4 Å². The van der Waals surface area contributed by atoms with E-state index < -0.39 is 0 Å². The topological polar surface area (TPSA) is 44.2 Å². The summed E-state index contributed by atoms with van der Waals surface area (Å²) in [5.41, 5.74) is 11.2. The van der Waals surface area contributed by atoms with Crippen LogP contribution in [-0.4, -0.2) is 18.5 Å². The number of fused-ring (bicyclic) bond motifs is 13. The molecule has 0 aliphatic rings. The highest BCUT2D eigenvalue weighted by Gasteiger charge is 2.21. The maximum Gasteiger partial charge on any atom is 0.263 e. The summed E-state index contributed by atoms with van der Waals surface area (Å²) >= 11 is 0. The number of nitrogens with zero attached hydrogens (tertiary/aromatic N) is 4. The van der Waals surface area contributed by atoms with Gasteiger partial charge in [-0.15, -0.1) is 0 Å². The molecule has 0 fully saturated rings. The first-order valence-corrected chi connectivity index (χ1v) is 17.2. The molecule has 0 unspecified atom stereocenters. The molecule has 11 aromatic rings. The second-order valence-electron chi connectivity index (χ2n) is 13.2. The van der Waals surface area contributed by atoms with E-state index in [1.54, 1.807) is 0 Å². The molecule has 0 saturated carbocycles. The van der Waals surface area contributed by atoms with E-state index in [1.807, 2.05) is 59.2 Å². The second-order valence-corrected chi connectivity index (χ2v) is 13.2. The number of pyridine rings is 2. The molecule has 238 valence electrons. The van der Waals surface area contributed by atoms with Gasteiger partial charge in [-0.1, -0.05) is 103 Å². The summed E-state index contributed by atoms with van der Waals surface area (Å²) in [6.07, 6.45) is 0. The van der Waals surface area contributed by atoms with Crippen LogP contribution in [0.15, 0.2) is 175 Å². The number of benzene rings is 7. The zero-order valence-electron chi connectivity index (χ0n) is 27.4. The molecule has 0 bridgehead atoms. The standard InChI is InChI=1S/C46H28N4O/c51-46-35-19-8-7-18-34(35)43-44(49(46)32-15-5-2-6-16-32)36-20-10-12-22-40(36)50-42-28-30(23-25-38(42)47-45(43)50)29-24-26-41-37(27-29)33-17-9-11-21-39(33)48(41)31-13-3-1-4-14-31/h1-28H. The smallest absolute Gasteiger partial charge is 0.263 e. The molecule has 5 heteroatoms. The molecule has 0 radical (unpaired) electrons. The number of aromatic nitrogens is 4. The van der Waals surface area contributed by atoms with E-state index in [2.05, 4.69) is 124 Å². The Balaban J connectivity index is 1.22. The Morgan fingerprint density at radius 1 is 0.412 bits per heavy atom. The lowest BCUT2D eigenvalue weighted by molar-refractivity contribution is 1.06. The van der Waals surface area contributed by atoms with Crippen LogP contribution in [0.1, 0.15) is 0 Å². The number of para-hydroxylation sites is 4. The lowest BCUT2D eigenvalue weighted by Crippen LogP contribution is -2.20. The molecule has 4 heterocycles. The third-order valence-electron chi connectivity index (χ3n) is 10.4. The highest BCUT2D eigenvalue weighted by atomic mass is 16.1. The molecule has 0 saturated heterocycles. The first kappa shape index (κ1) is 27.9. The predicted octanol–water partition coefficient (Wildman–Crippen LogP) is 10.9. The van der Waals surface area contributed by atoms with Crippen molar-refractivity contribution in [2.75, 3.05) is 0 Å². The van der Waals surface area contributed by atoms with Crippen LogP contribution in [0.4, 0.5) is 0 Å². The van der Waals surface area contributed by atoms with Gasteiger partial charge < -0.3 is 4.57 Å². The van der Waals surface area contributed by atoms with Gasteiger partial charge in [0.1, 0.15) is 5.65 Å². The maximum atomic E-state index is 14.3. The number of rotatable bonds is 3. The summed E-state index contributed by atoms with van der Waals surface area (Å²) < 4.78 is 6.49. The molecule has 4 aromatic heterocycles. The maximum absolute atomic E-state index is 14.3. The van der Waals surface area contributed by atoms with Crippen LogP contribution in [0.2, 0.25) is 0 Å². The van der Waals surface area contributed by atoms with Crippen molar-refractivity contribution in [2.24, 2.45) is 0 Å². The van der Waals surface area contributed by atoms with Crippen LogP contribution in [0, 0.1) is 0 Å². The third kappa shape index (κ3) is 3.91. The predicted molar refractivity (Wildman–Crippen MR) is 211 cm³/mol. The summed E-state index contributed by atoms with van der Waals surface area (Å²) in [5, 5.41) is 5.96. The number of imidazole rings is 1. The molecule has 7 aromatic carbocycles. The molecule has 0 N–H and O–H groups in total. The van der Waals surface area contributed by atoms with Crippen LogP contribution in [-0.2, 0) is 0 Å². The molecule has 0 aliphatic heterocycles.